The third-order valence-corrected chi connectivity index (χ3v) is 7.47. The van der Waals surface area contributed by atoms with Gasteiger partial charge < -0.3 is 10.2 Å². The lowest BCUT2D eigenvalue weighted by Crippen LogP contribution is -2.31. The van der Waals surface area contributed by atoms with Gasteiger partial charge in [0.25, 0.3) is 5.91 Å². The molecule has 0 spiro atoms. The number of nitrogens with one attached hydrogen (secondary N) is 2. The van der Waals surface area contributed by atoms with E-state index in [2.05, 4.69) is 25.5 Å². The zero-order valence-corrected chi connectivity index (χ0v) is 20.4. The topological polar surface area (TPSA) is 104 Å². The van der Waals surface area contributed by atoms with E-state index in [4.69, 9.17) is 0 Å². The van der Waals surface area contributed by atoms with Gasteiger partial charge in [0.1, 0.15) is 5.69 Å². The lowest BCUT2D eigenvalue weighted by Gasteiger charge is -2.23. The first-order valence-corrected chi connectivity index (χ1v) is 12.8. The van der Waals surface area contributed by atoms with Gasteiger partial charge in [0.15, 0.2) is 0 Å². The van der Waals surface area contributed by atoms with Crippen molar-refractivity contribution in [2.24, 2.45) is 0 Å². The van der Waals surface area contributed by atoms with Crippen molar-refractivity contribution in [3.05, 3.63) is 53.0 Å². The molecule has 1 aromatic carbocycles. The van der Waals surface area contributed by atoms with E-state index in [-0.39, 0.29) is 28.4 Å². The Morgan fingerprint density at radius 3 is 2.72 bits per heavy atom. The van der Waals surface area contributed by atoms with E-state index < -0.39 is 22.5 Å². The maximum absolute atomic E-state index is 14.1. The maximum Gasteiger partial charge on any atom is 0.418 e. The van der Waals surface area contributed by atoms with Crippen molar-refractivity contribution in [3.63, 3.8) is 0 Å². The van der Waals surface area contributed by atoms with Gasteiger partial charge in [-0.25, -0.2) is 4.98 Å². The summed E-state index contributed by atoms with van der Waals surface area (Å²) in [6.07, 6.45) is -1.36. The van der Waals surface area contributed by atoms with Gasteiger partial charge in [0.05, 0.1) is 34.2 Å². The number of fused-ring (bicyclic) bond motifs is 5. The van der Waals surface area contributed by atoms with Crippen molar-refractivity contribution in [2.75, 3.05) is 32.9 Å². The molecular formula is C24H23F3N6O2S. The number of aryl methyl sites for hydroxylation is 1. The van der Waals surface area contributed by atoms with E-state index in [1.807, 2.05) is 19.0 Å². The number of halogens is 3. The highest BCUT2D eigenvalue weighted by molar-refractivity contribution is 7.84. The fourth-order valence-electron chi connectivity index (χ4n) is 4.46. The van der Waals surface area contributed by atoms with E-state index in [0.29, 0.717) is 58.4 Å². The second-order valence-electron chi connectivity index (χ2n) is 8.92. The van der Waals surface area contributed by atoms with E-state index in [0.717, 1.165) is 6.07 Å². The predicted molar refractivity (Wildman–Crippen MR) is 131 cm³/mol. The van der Waals surface area contributed by atoms with E-state index in [9.17, 15) is 22.2 Å². The summed E-state index contributed by atoms with van der Waals surface area (Å²) in [6.45, 7) is 1.11. The minimum absolute atomic E-state index is 0.177. The number of hydrogen-bond donors (Lipinski definition) is 2. The highest BCUT2D eigenvalue weighted by atomic mass is 32.2. The molecule has 188 valence electrons. The minimum atomic E-state index is -4.64. The van der Waals surface area contributed by atoms with E-state index in [1.54, 1.807) is 6.07 Å². The molecule has 12 heteroatoms. The second-order valence-corrected chi connectivity index (χ2v) is 10.5. The number of carbonyl (C=O) groups excluding carboxylic acids is 1. The molecular weight excluding hydrogens is 493 g/mol. The molecule has 0 saturated heterocycles. The van der Waals surface area contributed by atoms with Crippen molar-refractivity contribution in [2.45, 2.75) is 18.3 Å². The average molecular weight is 517 g/mol. The molecule has 2 N–H and O–H groups in total. The number of benzene rings is 1. The number of pyridine rings is 2. The Balaban J connectivity index is 1.66. The number of hydrogen-bond acceptors (Lipinski definition) is 6. The first kappa shape index (κ1) is 24.3. The van der Waals surface area contributed by atoms with Crippen molar-refractivity contribution in [1.82, 2.24) is 30.4 Å². The van der Waals surface area contributed by atoms with Crippen LogP contribution in [0.2, 0.25) is 0 Å². The molecule has 0 saturated carbocycles. The molecule has 1 atom stereocenters. The molecule has 1 aliphatic heterocycles. The summed E-state index contributed by atoms with van der Waals surface area (Å²) in [5.74, 6) is 0.182. The molecule has 0 radical (unpaired) electrons. The van der Waals surface area contributed by atoms with Gasteiger partial charge in [-0.2, -0.15) is 18.3 Å². The van der Waals surface area contributed by atoms with Crippen LogP contribution in [0.4, 0.5) is 13.2 Å². The number of carbonyl (C=O) groups is 1. The molecule has 1 unspecified atom stereocenters. The Hall–Kier alpha value is -3.38. The van der Waals surface area contributed by atoms with E-state index in [1.165, 1.54) is 18.5 Å². The Labute approximate surface area is 206 Å². The van der Waals surface area contributed by atoms with Gasteiger partial charge in [-0.1, -0.05) is 0 Å². The third kappa shape index (κ3) is 4.46. The lowest BCUT2D eigenvalue weighted by molar-refractivity contribution is -0.136. The maximum atomic E-state index is 14.1. The Morgan fingerprint density at radius 2 is 2.03 bits per heavy atom. The van der Waals surface area contributed by atoms with Crippen LogP contribution < -0.4 is 5.32 Å². The van der Waals surface area contributed by atoms with Gasteiger partial charge in [-0.15, -0.1) is 0 Å². The van der Waals surface area contributed by atoms with E-state index >= 15 is 0 Å². The third-order valence-electron chi connectivity index (χ3n) is 6.20. The summed E-state index contributed by atoms with van der Waals surface area (Å²) >= 11 is 0. The molecule has 0 aliphatic carbocycles. The van der Waals surface area contributed by atoms with Crippen LogP contribution in [0.1, 0.15) is 27.2 Å². The van der Waals surface area contributed by atoms with Crippen LogP contribution in [0.25, 0.3) is 33.1 Å². The molecule has 5 rings (SSSR count). The number of amides is 1. The van der Waals surface area contributed by atoms with Crippen molar-refractivity contribution in [1.29, 1.82) is 0 Å². The number of alkyl halides is 3. The van der Waals surface area contributed by atoms with Crippen LogP contribution in [0.15, 0.2) is 30.6 Å². The monoisotopic (exact) mass is 516 g/mol. The number of likely N-dealkylation sites (N-methyl/N-ethyl adjacent to an activating group) is 1. The SMILES string of the molecule is CN(C)CCNC(=O)c1ccc(-c2nc3c(C(F)(F)F)cc4[nH]ncc4c3c3c2CS(=O)CC3)cn1. The number of H-pyrrole nitrogens is 1. The first-order valence-electron chi connectivity index (χ1n) is 11.3. The highest BCUT2D eigenvalue weighted by Gasteiger charge is 2.36. The summed E-state index contributed by atoms with van der Waals surface area (Å²) < 4.78 is 54.8. The molecule has 0 bridgehead atoms. The Bertz CT molecular complexity index is 1500. The number of rotatable bonds is 5. The Kier molecular flexibility index (Phi) is 6.25. The minimum Gasteiger partial charge on any atom is -0.349 e. The zero-order chi connectivity index (χ0) is 25.6. The van der Waals surface area contributed by atoms with Gasteiger partial charge in [-0.05, 0) is 49.8 Å². The van der Waals surface area contributed by atoms with Gasteiger partial charge in [-0.3, -0.25) is 19.1 Å². The molecule has 1 aliphatic rings. The predicted octanol–water partition coefficient (Wildman–Crippen LogP) is 3.29. The first-order chi connectivity index (χ1) is 17.1. The van der Waals surface area contributed by atoms with Crippen LogP contribution in [0.5, 0.6) is 0 Å². The fraction of sp³-hybridized carbons (Fsp3) is 0.333. The summed E-state index contributed by atoms with van der Waals surface area (Å²) in [5.41, 5.74) is 1.49. The molecule has 0 fully saturated rings. The molecule has 4 heterocycles. The summed E-state index contributed by atoms with van der Waals surface area (Å²) in [5, 5.41) is 10.3. The van der Waals surface area contributed by atoms with Crippen LogP contribution >= 0.6 is 0 Å². The van der Waals surface area contributed by atoms with Gasteiger partial charge in [0, 0.05) is 52.2 Å². The summed E-state index contributed by atoms with van der Waals surface area (Å²) in [4.78, 5) is 23.1. The lowest BCUT2D eigenvalue weighted by atomic mass is 9.92. The molecule has 3 aromatic heterocycles. The number of aromatic amines is 1. The molecule has 8 nitrogen and oxygen atoms in total. The van der Waals surface area contributed by atoms with Crippen molar-refractivity contribution in [3.8, 4) is 11.3 Å². The molecule has 1 amide bonds. The number of nitrogens with zero attached hydrogens (tertiary/aromatic N) is 4. The Morgan fingerprint density at radius 1 is 1.22 bits per heavy atom. The van der Waals surface area contributed by atoms with Crippen LogP contribution in [0.3, 0.4) is 0 Å². The fourth-order valence-corrected chi connectivity index (χ4v) is 5.67. The zero-order valence-electron chi connectivity index (χ0n) is 19.6. The van der Waals surface area contributed by atoms with Crippen LogP contribution in [-0.2, 0) is 29.1 Å². The van der Waals surface area contributed by atoms with Crippen LogP contribution in [-0.4, -0.2) is 68.1 Å². The quantitative estimate of drug-likeness (QED) is 0.422. The highest BCUT2D eigenvalue weighted by Crippen LogP contribution is 2.42. The summed E-state index contributed by atoms with van der Waals surface area (Å²) in [6, 6.07) is 4.15. The smallest absolute Gasteiger partial charge is 0.349 e. The van der Waals surface area contributed by atoms with Crippen molar-refractivity contribution < 1.29 is 22.2 Å². The van der Waals surface area contributed by atoms with Crippen molar-refractivity contribution >= 4 is 38.5 Å². The average Bonchev–Trinajstić information content (AvgIpc) is 3.30. The number of aromatic nitrogens is 4. The molecule has 36 heavy (non-hydrogen) atoms. The normalized spacial score (nSPS) is 16.0. The molecule has 4 aromatic rings. The standard InChI is InChI=1S/C24H23F3N6O2S/c1-33(2)7-6-28-23(34)18-4-3-13(10-29-18)21-16-12-36(35)8-5-14(16)20-15-11-30-32-19(15)9-17(22(20)31-21)24(25,26)27/h3-4,9-11H,5-8,12H2,1-2H3,(H,28,34)(H,30,32). The second kappa shape index (κ2) is 9.25. The van der Waals surface area contributed by atoms with Gasteiger partial charge >= 0.3 is 6.18 Å². The van der Waals surface area contributed by atoms with Crippen LogP contribution in [0, 0.1) is 0 Å². The van der Waals surface area contributed by atoms with Gasteiger partial charge in [0.2, 0.25) is 0 Å². The largest absolute Gasteiger partial charge is 0.418 e. The summed E-state index contributed by atoms with van der Waals surface area (Å²) in [7, 11) is 2.62.